The van der Waals surface area contributed by atoms with Gasteiger partial charge in [0, 0.05) is 51.8 Å². The second-order valence-electron chi connectivity index (χ2n) is 8.25. The van der Waals surface area contributed by atoms with Crippen molar-refractivity contribution in [3.05, 3.63) is 17.5 Å². The predicted octanol–water partition coefficient (Wildman–Crippen LogP) is 2.43. The molecule has 1 aromatic rings. The van der Waals surface area contributed by atoms with E-state index >= 15 is 0 Å². The van der Waals surface area contributed by atoms with Gasteiger partial charge in [0.25, 0.3) is 5.91 Å². The number of aromatic nitrogens is 2. The number of amides is 2. The Morgan fingerprint density at radius 2 is 2.00 bits per heavy atom. The van der Waals surface area contributed by atoms with Crippen LogP contribution < -0.4 is 10.2 Å². The van der Waals surface area contributed by atoms with Gasteiger partial charge < -0.3 is 15.1 Å². The van der Waals surface area contributed by atoms with E-state index in [1.807, 2.05) is 37.7 Å². The second-order valence-corrected chi connectivity index (χ2v) is 8.25. The van der Waals surface area contributed by atoms with Crippen LogP contribution in [0.1, 0.15) is 68.9 Å². The van der Waals surface area contributed by atoms with E-state index in [0.717, 1.165) is 18.5 Å². The predicted molar refractivity (Wildman–Crippen MR) is 107 cm³/mol. The fraction of sp³-hybridized carbons (Fsp3) is 0.700. The first-order valence-corrected chi connectivity index (χ1v) is 9.82. The Morgan fingerprint density at radius 3 is 2.59 bits per heavy atom. The van der Waals surface area contributed by atoms with E-state index < -0.39 is 0 Å². The molecule has 0 aliphatic carbocycles. The van der Waals surface area contributed by atoms with Crippen LogP contribution in [0.25, 0.3) is 0 Å². The summed E-state index contributed by atoms with van der Waals surface area (Å²) >= 11 is 0. The highest BCUT2D eigenvalue weighted by molar-refractivity contribution is 5.95. The van der Waals surface area contributed by atoms with E-state index in [9.17, 15) is 9.59 Å². The Bertz CT molecular complexity index is 672. The molecule has 7 nitrogen and oxygen atoms in total. The van der Waals surface area contributed by atoms with E-state index in [-0.39, 0.29) is 23.8 Å². The summed E-state index contributed by atoms with van der Waals surface area (Å²) in [6, 6.07) is 0.0385. The lowest BCUT2D eigenvalue weighted by Gasteiger charge is -2.20. The Labute approximate surface area is 162 Å². The van der Waals surface area contributed by atoms with E-state index in [0.29, 0.717) is 36.9 Å². The molecule has 1 saturated heterocycles. The maximum atomic E-state index is 12.6. The lowest BCUT2D eigenvalue weighted by Crippen LogP contribution is -2.32. The van der Waals surface area contributed by atoms with Crippen molar-refractivity contribution in [3.8, 4) is 0 Å². The van der Waals surface area contributed by atoms with E-state index in [1.165, 1.54) is 0 Å². The number of hydrogen-bond acceptors (Lipinski definition) is 5. The summed E-state index contributed by atoms with van der Waals surface area (Å²) in [5.74, 6) is 1.19. The molecule has 1 fully saturated rings. The molecular formula is C20H33N5O2. The van der Waals surface area contributed by atoms with Gasteiger partial charge >= 0.3 is 0 Å². The van der Waals surface area contributed by atoms with Gasteiger partial charge in [-0.1, -0.05) is 13.8 Å². The number of carbonyl (C=O) groups is 2. The monoisotopic (exact) mass is 375 g/mol. The van der Waals surface area contributed by atoms with Crippen LogP contribution in [0.2, 0.25) is 0 Å². The van der Waals surface area contributed by atoms with Crippen molar-refractivity contribution in [3.63, 3.8) is 0 Å². The molecule has 0 aromatic carbocycles. The standard InChI is InChI=1S/C20H33N5O2/c1-13(2)7-8-17(26)25-10-9-15(12-25)18-16(19(27)22-14(3)4)11-21-20(23-18)24(5)6/h11,13-15H,7-10,12H2,1-6H3,(H,22,27). The number of likely N-dealkylation sites (tertiary alicyclic amines) is 1. The van der Waals surface area contributed by atoms with Gasteiger partial charge in [-0.3, -0.25) is 9.59 Å². The minimum atomic E-state index is -0.158. The van der Waals surface area contributed by atoms with Crippen LogP contribution in [0.15, 0.2) is 6.20 Å². The SMILES string of the molecule is CC(C)CCC(=O)N1CCC(c2nc(N(C)C)ncc2C(=O)NC(C)C)C1. The average molecular weight is 376 g/mol. The van der Waals surface area contributed by atoms with Crippen LogP contribution in [0, 0.1) is 5.92 Å². The Hall–Kier alpha value is -2.18. The number of hydrogen-bond donors (Lipinski definition) is 1. The minimum absolute atomic E-state index is 0.0385. The lowest BCUT2D eigenvalue weighted by molar-refractivity contribution is -0.130. The molecule has 7 heteroatoms. The van der Waals surface area contributed by atoms with Gasteiger partial charge in [0.15, 0.2) is 0 Å². The van der Waals surface area contributed by atoms with E-state index in [4.69, 9.17) is 0 Å². The van der Waals surface area contributed by atoms with Gasteiger partial charge in [0.1, 0.15) is 0 Å². The number of rotatable bonds is 7. The van der Waals surface area contributed by atoms with Crippen LogP contribution in [-0.4, -0.2) is 59.9 Å². The third-order valence-electron chi connectivity index (χ3n) is 4.73. The topological polar surface area (TPSA) is 78.4 Å². The van der Waals surface area contributed by atoms with Gasteiger partial charge in [0.2, 0.25) is 11.9 Å². The second kappa shape index (κ2) is 9.15. The van der Waals surface area contributed by atoms with Crippen LogP contribution in [0.5, 0.6) is 0 Å². The van der Waals surface area contributed by atoms with Crippen molar-refractivity contribution < 1.29 is 9.59 Å². The highest BCUT2D eigenvalue weighted by Gasteiger charge is 2.31. The lowest BCUT2D eigenvalue weighted by atomic mass is 9.99. The highest BCUT2D eigenvalue weighted by atomic mass is 16.2. The van der Waals surface area contributed by atoms with Crippen LogP contribution in [-0.2, 0) is 4.79 Å². The van der Waals surface area contributed by atoms with Crippen molar-refractivity contribution in [2.45, 2.75) is 58.9 Å². The van der Waals surface area contributed by atoms with Crippen molar-refractivity contribution in [2.75, 3.05) is 32.1 Å². The zero-order valence-corrected chi connectivity index (χ0v) is 17.5. The first-order chi connectivity index (χ1) is 12.7. The summed E-state index contributed by atoms with van der Waals surface area (Å²) in [4.78, 5) is 37.8. The Kier molecular flexibility index (Phi) is 7.16. The molecule has 0 saturated carbocycles. The first-order valence-electron chi connectivity index (χ1n) is 9.82. The third kappa shape index (κ3) is 5.65. The van der Waals surface area contributed by atoms with Crippen molar-refractivity contribution >= 4 is 17.8 Å². The van der Waals surface area contributed by atoms with Gasteiger partial charge in [0.05, 0.1) is 11.3 Å². The minimum Gasteiger partial charge on any atom is -0.350 e. The quantitative estimate of drug-likeness (QED) is 0.792. The smallest absolute Gasteiger partial charge is 0.254 e. The molecule has 27 heavy (non-hydrogen) atoms. The molecule has 1 aromatic heterocycles. The Morgan fingerprint density at radius 1 is 1.30 bits per heavy atom. The largest absolute Gasteiger partial charge is 0.350 e. The zero-order valence-electron chi connectivity index (χ0n) is 17.5. The maximum absolute atomic E-state index is 12.6. The van der Waals surface area contributed by atoms with E-state index in [2.05, 4.69) is 29.1 Å². The number of carbonyl (C=O) groups excluding carboxylic acids is 2. The summed E-state index contributed by atoms with van der Waals surface area (Å²) < 4.78 is 0. The molecule has 1 atom stereocenters. The summed E-state index contributed by atoms with van der Waals surface area (Å²) in [5, 5.41) is 2.93. The zero-order chi connectivity index (χ0) is 20.1. The molecule has 2 heterocycles. The van der Waals surface area contributed by atoms with Crippen molar-refractivity contribution in [1.82, 2.24) is 20.2 Å². The molecule has 1 aliphatic rings. The molecule has 1 unspecified atom stereocenters. The number of anilines is 1. The summed E-state index contributed by atoms with van der Waals surface area (Å²) in [5.41, 5.74) is 1.25. The summed E-state index contributed by atoms with van der Waals surface area (Å²) in [6.07, 6.45) is 3.91. The highest BCUT2D eigenvalue weighted by Crippen LogP contribution is 2.30. The van der Waals surface area contributed by atoms with Crippen LogP contribution in [0.3, 0.4) is 0 Å². The molecule has 1 N–H and O–H groups in total. The normalized spacial score (nSPS) is 16.9. The van der Waals surface area contributed by atoms with Gasteiger partial charge in [-0.05, 0) is 32.6 Å². The molecule has 1 aliphatic heterocycles. The Balaban J connectivity index is 2.21. The summed E-state index contributed by atoms with van der Waals surface area (Å²) in [6.45, 7) is 9.44. The fourth-order valence-corrected chi connectivity index (χ4v) is 3.21. The number of nitrogens with one attached hydrogen (secondary N) is 1. The molecular weight excluding hydrogens is 342 g/mol. The first kappa shape index (κ1) is 21.1. The molecule has 150 valence electrons. The molecule has 0 bridgehead atoms. The molecule has 0 radical (unpaired) electrons. The maximum Gasteiger partial charge on any atom is 0.254 e. The van der Waals surface area contributed by atoms with Crippen LogP contribution >= 0.6 is 0 Å². The van der Waals surface area contributed by atoms with Gasteiger partial charge in [-0.25, -0.2) is 9.97 Å². The average Bonchev–Trinajstić information content (AvgIpc) is 3.08. The summed E-state index contributed by atoms with van der Waals surface area (Å²) in [7, 11) is 3.76. The van der Waals surface area contributed by atoms with Gasteiger partial charge in [-0.15, -0.1) is 0 Å². The number of nitrogens with zero attached hydrogens (tertiary/aromatic N) is 4. The van der Waals surface area contributed by atoms with Crippen LogP contribution in [0.4, 0.5) is 5.95 Å². The molecule has 0 spiro atoms. The van der Waals surface area contributed by atoms with E-state index in [1.54, 1.807) is 6.20 Å². The third-order valence-corrected chi connectivity index (χ3v) is 4.73. The molecule has 2 amide bonds. The van der Waals surface area contributed by atoms with Crippen molar-refractivity contribution in [1.29, 1.82) is 0 Å². The van der Waals surface area contributed by atoms with Gasteiger partial charge in [-0.2, -0.15) is 0 Å². The molecule has 2 rings (SSSR count). The van der Waals surface area contributed by atoms with Crippen molar-refractivity contribution in [2.24, 2.45) is 5.92 Å². The fourth-order valence-electron chi connectivity index (χ4n) is 3.21.